The van der Waals surface area contributed by atoms with E-state index in [0.29, 0.717) is 11.1 Å². The lowest BCUT2D eigenvalue weighted by Gasteiger charge is -2.27. The van der Waals surface area contributed by atoms with Crippen LogP contribution >= 0.6 is 0 Å². The maximum Gasteiger partial charge on any atom is 0.339 e. The van der Waals surface area contributed by atoms with Gasteiger partial charge in [0.05, 0.1) is 5.56 Å². The van der Waals surface area contributed by atoms with Gasteiger partial charge in [0.2, 0.25) is 0 Å². The van der Waals surface area contributed by atoms with Gasteiger partial charge in [-0.3, -0.25) is 4.79 Å². The minimum Gasteiger partial charge on any atom is -0.443 e. The van der Waals surface area contributed by atoms with Gasteiger partial charge in [-0.1, -0.05) is 48.5 Å². The Hall–Kier alpha value is -2.42. The van der Waals surface area contributed by atoms with Gasteiger partial charge in [0.25, 0.3) is 0 Å². The Labute approximate surface area is 118 Å². The predicted molar refractivity (Wildman–Crippen MR) is 76.3 cm³/mol. The van der Waals surface area contributed by atoms with Crippen molar-refractivity contribution in [1.82, 2.24) is 0 Å². The second-order valence-electron chi connectivity index (χ2n) is 4.71. The molecule has 0 bridgehead atoms. The van der Waals surface area contributed by atoms with Gasteiger partial charge in [-0.2, -0.15) is 0 Å². The summed E-state index contributed by atoms with van der Waals surface area (Å²) >= 11 is 0. The fraction of sp³-hybridized carbons (Fsp3) is 0.176. The highest BCUT2D eigenvalue weighted by molar-refractivity contribution is 5.94. The van der Waals surface area contributed by atoms with Crippen LogP contribution in [0.5, 0.6) is 0 Å². The Morgan fingerprint density at radius 1 is 0.900 bits per heavy atom. The average molecular weight is 268 g/mol. The smallest absolute Gasteiger partial charge is 0.339 e. The maximum absolute atomic E-state index is 12.2. The van der Waals surface area contributed by atoms with E-state index < -0.39 is 11.6 Å². The molecule has 0 aliphatic heterocycles. The van der Waals surface area contributed by atoms with Crippen molar-refractivity contribution in [2.45, 2.75) is 19.4 Å². The van der Waals surface area contributed by atoms with Gasteiger partial charge in [0.1, 0.15) is 0 Å². The molecule has 0 fully saturated rings. The first kappa shape index (κ1) is 14.0. The van der Waals surface area contributed by atoms with Crippen LogP contribution in [0.4, 0.5) is 0 Å². The molecule has 2 rings (SSSR count). The Morgan fingerprint density at radius 3 is 1.90 bits per heavy atom. The topological polar surface area (TPSA) is 43.4 Å². The van der Waals surface area contributed by atoms with Gasteiger partial charge < -0.3 is 4.74 Å². The van der Waals surface area contributed by atoms with E-state index >= 15 is 0 Å². The highest BCUT2D eigenvalue weighted by Crippen LogP contribution is 2.27. The molecule has 20 heavy (non-hydrogen) atoms. The molecule has 0 radical (unpaired) electrons. The van der Waals surface area contributed by atoms with Crippen LogP contribution in [-0.2, 0) is 15.1 Å². The lowest BCUT2D eigenvalue weighted by Crippen LogP contribution is -2.36. The molecule has 0 saturated heterocycles. The Morgan fingerprint density at radius 2 is 1.40 bits per heavy atom. The number of hydrogen-bond donors (Lipinski definition) is 0. The minimum absolute atomic E-state index is 0.215. The number of benzene rings is 2. The molecule has 1 unspecified atom stereocenters. The summed E-state index contributed by atoms with van der Waals surface area (Å²) in [4.78, 5) is 24.1. The highest BCUT2D eigenvalue weighted by atomic mass is 16.6. The van der Waals surface area contributed by atoms with Crippen LogP contribution in [0.15, 0.2) is 60.7 Å². The molecular formula is C17H16O3. The fourth-order valence-electron chi connectivity index (χ4n) is 1.91. The van der Waals surface area contributed by atoms with Crippen LogP contribution in [0, 0.1) is 0 Å². The summed E-state index contributed by atoms with van der Waals surface area (Å²) in [6.45, 7) is 3.04. The average Bonchev–Trinajstić information content (AvgIpc) is 2.48. The van der Waals surface area contributed by atoms with E-state index in [1.165, 1.54) is 6.92 Å². The molecule has 2 aromatic rings. The Balaban J connectivity index is 2.32. The zero-order valence-electron chi connectivity index (χ0n) is 11.5. The summed E-state index contributed by atoms with van der Waals surface area (Å²) in [5.41, 5.74) is -0.179. The zero-order valence-corrected chi connectivity index (χ0v) is 11.5. The zero-order chi connectivity index (χ0) is 14.6. The predicted octanol–water partition coefficient (Wildman–Crippen LogP) is 3.35. The number of carbonyl (C=O) groups is 2. The lowest BCUT2D eigenvalue weighted by molar-refractivity contribution is -0.135. The summed E-state index contributed by atoms with van der Waals surface area (Å²) < 4.78 is 5.48. The quantitative estimate of drug-likeness (QED) is 0.799. The van der Waals surface area contributed by atoms with E-state index in [4.69, 9.17) is 4.74 Å². The monoisotopic (exact) mass is 268 g/mol. The van der Waals surface area contributed by atoms with Crippen molar-refractivity contribution >= 4 is 11.8 Å². The third kappa shape index (κ3) is 2.77. The van der Waals surface area contributed by atoms with Crippen molar-refractivity contribution in [1.29, 1.82) is 0 Å². The van der Waals surface area contributed by atoms with Crippen LogP contribution in [0.25, 0.3) is 0 Å². The second-order valence-corrected chi connectivity index (χ2v) is 4.71. The SMILES string of the molecule is CC(=O)C(C)(OC(=O)c1ccccc1)c1ccccc1. The van der Waals surface area contributed by atoms with Crippen LogP contribution in [0.3, 0.4) is 0 Å². The van der Waals surface area contributed by atoms with E-state index in [1.807, 2.05) is 24.3 Å². The van der Waals surface area contributed by atoms with Crippen LogP contribution in [0.1, 0.15) is 29.8 Å². The molecule has 1 atom stereocenters. The van der Waals surface area contributed by atoms with Gasteiger partial charge >= 0.3 is 5.97 Å². The van der Waals surface area contributed by atoms with Crippen molar-refractivity contribution in [2.75, 3.05) is 0 Å². The molecule has 0 aliphatic carbocycles. The van der Waals surface area contributed by atoms with Gasteiger partial charge in [0, 0.05) is 5.56 Å². The highest BCUT2D eigenvalue weighted by Gasteiger charge is 2.36. The van der Waals surface area contributed by atoms with Gasteiger partial charge in [-0.15, -0.1) is 0 Å². The number of esters is 1. The van der Waals surface area contributed by atoms with Crippen LogP contribution < -0.4 is 0 Å². The van der Waals surface area contributed by atoms with E-state index in [2.05, 4.69) is 0 Å². The number of carbonyl (C=O) groups excluding carboxylic acids is 2. The molecule has 0 amide bonds. The summed E-state index contributed by atoms with van der Waals surface area (Å²) in [7, 11) is 0. The standard InChI is InChI=1S/C17H16O3/c1-13(18)17(2,15-11-7-4-8-12-15)20-16(19)14-9-5-3-6-10-14/h3-12H,1-2H3. The summed E-state index contributed by atoms with van der Waals surface area (Å²) in [5, 5.41) is 0. The molecule has 0 aliphatic rings. The van der Waals surface area contributed by atoms with Crippen LogP contribution in [0.2, 0.25) is 0 Å². The number of rotatable bonds is 4. The molecule has 102 valence electrons. The van der Waals surface area contributed by atoms with Gasteiger partial charge in [0.15, 0.2) is 11.4 Å². The third-order valence-corrected chi connectivity index (χ3v) is 3.30. The first-order valence-electron chi connectivity index (χ1n) is 6.39. The molecule has 0 spiro atoms. The lowest BCUT2D eigenvalue weighted by atomic mass is 9.92. The molecule has 0 heterocycles. The number of ketones is 1. The molecule has 0 saturated carbocycles. The summed E-state index contributed by atoms with van der Waals surface area (Å²) in [6.07, 6.45) is 0. The number of Topliss-reactive ketones (excluding diaryl/α,β-unsaturated/α-hetero) is 1. The summed E-state index contributed by atoms with van der Waals surface area (Å²) in [5.74, 6) is -0.722. The van der Waals surface area contributed by atoms with Crippen molar-refractivity contribution in [3.63, 3.8) is 0 Å². The fourth-order valence-corrected chi connectivity index (χ4v) is 1.91. The Bertz CT molecular complexity index is 605. The van der Waals surface area contributed by atoms with Crippen LogP contribution in [-0.4, -0.2) is 11.8 Å². The van der Waals surface area contributed by atoms with E-state index in [1.54, 1.807) is 43.3 Å². The number of hydrogen-bond acceptors (Lipinski definition) is 3. The molecule has 0 N–H and O–H groups in total. The van der Waals surface area contributed by atoms with Crippen molar-refractivity contribution in [3.05, 3.63) is 71.8 Å². The molecule has 0 aromatic heterocycles. The molecule has 3 heteroatoms. The number of ether oxygens (including phenoxy) is 1. The minimum atomic E-state index is -1.27. The van der Waals surface area contributed by atoms with E-state index in [9.17, 15) is 9.59 Å². The van der Waals surface area contributed by atoms with Crippen molar-refractivity contribution in [3.8, 4) is 0 Å². The normalized spacial score (nSPS) is 13.3. The Kier molecular flexibility index (Phi) is 3.99. The van der Waals surface area contributed by atoms with Gasteiger partial charge in [-0.05, 0) is 26.0 Å². The summed E-state index contributed by atoms with van der Waals surface area (Å²) in [6, 6.07) is 17.7. The second kappa shape index (κ2) is 5.70. The van der Waals surface area contributed by atoms with Gasteiger partial charge in [-0.25, -0.2) is 4.79 Å². The molecule has 2 aromatic carbocycles. The first-order chi connectivity index (χ1) is 9.54. The van der Waals surface area contributed by atoms with E-state index in [-0.39, 0.29) is 5.78 Å². The van der Waals surface area contributed by atoms with E-state index in [0.717, 1.165) is 0 Å². The third-order valence-electron chi connectivity index (χ3n) is 3.30. The maximum atomic E-state index is 12.2. The first-order valence-corrected chi connectivity index (χ1v) is 6.39. The van der Waals surface area contributed by atoms with Crippen molar-refractivity contribution < 1.29 is 14.3 Å². The molecular weight excluding hydrogens is 252 g/mol. The molecule has 3 nitrogen and oxygen atoms in total. The van der Waals surface area contributed by atoms with Crippen molar-refractivity contribution in [2.24, 2.45) is 0 Å². The largest absolute Gasteiger partial charge is 0.443 e.